The van der Waals surface area contributed by atoms with E-state index >= 15 is 0 Å². The lowest BCUT2D eigenvalue weighted by Crippen LogP contribution is -2.06. The predicted octanol–water partition coefficient (Wildman–Crippen LogP) is 2.92. The molecule has 0 spiro atoms. The van der Waals surface area contributed by atoms with Gasteiger partial charge in [-0.2, -0.15) is 0 Å². The highest BCUT2D eigenvalue weighted by Crippen LogP contribution is 2.29. The highest BCUT2D eigenvalue weighted by Gasteiger charge is 2.20. The fourth-order valence-electron chi connectivity index (χ4n) is 1.62. The highest BCUT2D eigenvalue weighted by molar-refractivity contribution is 5.46. The van der Waals surface area contributed by atoms with E-state index in [1.807, 2.05) is 19.1 Å². The van der Waals surface area contributed by atoms with Gasteiger partial charge in [-0.05, 0) is 49.9 Å². The Hall–Kier alpha value is -1.22. The van der Waals surface area contributed by atoms with E-state index in [2.05, 4.69) is 17.4 Å². The smallest absolute Gasteiger partial charge is 0.119 e. The molecule has 0 heterocycles. The first kappa shape index (κ1) is 12.2. The van der Waals surface area contributed by atoms with Crippen LogP contribution in [0.3, 0.4) is 0 Å². The Balaban J connectivity index is 1.68. The molecule has 0 unspecified atom stereocenters. The molecule has 1 saturated carbocycles. The van der Waals surface area contributed by atoms with Gasteiger partial charge in [-0.25, -0.2) is 0 Å². The van der Waals surface area contributed by atoms with E-state index in [-0.39, 0.29) is 0 Å². The average molecular weight is 235 g/mol. The van der Waals surface area contributed by atoms with Gasteiger partial charge in [-0.15, -0.1) is 0 Å². The predicted molar refractivity (Wildman–Crippen MR) is 69.6 cm³/mol. The third-order valence-corrected chi connectivity index (χ3v) is 2.85. The van der Waals surface area contributed by atoms with Crippen molar-refractivity contribution in [2.75, 3.05) is 31.7 Å². The first-order valence-corrected chi connectivity index (χ1v) is 6.43. The van der Waals surface area contributed by atoms with Crippen LogP contribution in [-0.4, -0.2) is 26.4 Å². The molecule has 1 aromatic carbocycles. The van der Waals surface area contributed by atoms with Gasteiger partial charge in [-0.1, -0.05) is 0 Å². The Bertz CT molecular complexity index is 319. The number of rotatable bonds is 8. The van der Waals surface area contributed by atoms with Gasteiger partial charge >= 0.3 is 0 Å². The van der Waals surface area contributed by atoms with Gasteiger partial charge in [0.1, 0.15) is 12.4 Å². The summed E-state index contributed by atoms with van der Waals surface area (Å²) >= 11 is 0. The van der Waals surface area contributed by atoms with Crippen LogP contribution in [0.1, 0.15) is 19.8 Å². The molecule has 0 saturated heterocycles. The van der Waals surface area contributed by atoms with Crippen LogP contribution in [0.15, 0.2) is 24.3 Å². The quantitative estimate of drug-likeness (QED) is 0.703. The molecular formula is C14H21NO2. The van der Waals surface area contributed by atoms with Gasteiger partial charge in [0.25, 0.3) is 0 Å². The zero-order valence-corrected chi connectivity index (χ0v) is 10.4. The standard InChI is InChI=1S/C14H21NO2/c1-2-16-9-10-17-14-7-5-13(6-8-14)15-11-12-3-4-12/h5-8,12,15H,2-4,9-11H2,1H3. The lowest BCUT2D eigenvalue weighted by molar-refractivity contribution is 0.110. The first-order valence-electron chi connectivity index (χ1n) is 6.43. The van der Waals surface area contributed by atoms with Crippen molar-refractivity contribution in [2.24, 2.45) is 5.92 Å². The van der Waals surface area contributed by atoms with E-state index in [9.17, 15) is 0 Å². The van der Waals surface area contributed by atoms with E-state index in [1.54, 1.807) is 0 Å². The second-order valence-corrected chi connectivity index (χ2v) is 4.39. The van der Waals surface area contributed by atoms with Crippen molar-refractivity contribution in [2.45, 2.75) is 19.8 Å². The minimum absolute atomic E-state index is 0.614. The van der Waals surface area contributed by atoms with Crippen LogP contribution in [0.25, 0.3) is 0 Å². The number of nitrogens with one attached hydrogen (secondary N) is 1. The average Bonchev–Trinajstić information content (AvgIpc) is 3.18. The monoisotopic (exact) mass is 235 g/mol. The molecule has 0 radical (unpaired) electrons. The molecular weight excluding hydrogens is 214 g/mol. The van der Waals surface area contributed by atoms with E-state index in [0.29, 0.717) is 13.2 Å². The van der Waals surface area contributed by atoms with Crippen molar-refractivity contribution in [1.29, 1.82) is 0 Å². The minimum atomic E-state index is 0.614. The Labute approximate surface area is 103 Å². The van der Waals surface area contributed by atoms with E-state index in [1.165, 1.54) is 18.5 Å². The maximum atomic E-state index is 5.55. The fraction of sp³-hybridized carbons (Fsp3) is 0.571. The molecule has 0 amide bonds. The zero-order chi connectivity index (χ0) is 11.9. The Morgan fingerprint density at radius 1 is 1.18 bits per heavy atom. The van der Waals surface area contributed by atoms with Gasteiger partial charge in [0.2, 0.25) is 0 Å². The summed E-state index contributed by atoms with van der Waals surface area (Å²) in [6.07, 6.45) is 2.76. The summed E-state index contributed by atoms with van der Waals surface area (Å²) < 4.78 is 10.8. The molecule has 3 nitrogen and oxygen atoms in total. The summed E-state index contributed by atoms with van der Waals surface area (Å²) in [5, 5.41) is 3.43. The second kappa shape index (κ2) is 6.50. The van der Waals surface area contributed by atoms with Gasteiger partial charge in [0.15, 0.2) is 0 Å². The molecule has 0 bridgehead atoms. The zero-order valence-electron chi connectivity index (χ0n) is 10.4. The molecule has 3 heteroatoms. The molecule has 0 atom stereocenters. The molecule has 94 valence electrons. The van der Waals surface area contributed by atoms with Crippen molar-refractivity contribution in [1.82, 2.24) is 0 Å². The molecule has 0 aromatic heterocycles. The van der Waals surface area contributed by atoms with E-state index in [4.69, 9.17) is 9.47 Å². The fourth-order valence-corrected chi connectivity index (χ4v) is 1.62. The van der Waals surface area contributed by atoms with Crippen molar-refractivity contribution >= 4 is 5.69 Å². The molecule has 1 aliphatic rings. The molecule has 2 rings (SSSR count). The van der Waals surface area contributed by atoms with Crippen LogP contribution in [-0.2, 0) is 4.74 Å². The SMILES string of the molecule is CCOCCOc1ccc(NCC2CC2)cc1. The van der Waals surface area contributed by atoms with Gasteiger partial charge in [-0.3, -0.25) is 0 Å². The molecule has 1 aliphatic carbocycles. The van der Waals surface area contributed by atoms with Gasteiger partial charge in [0.05, 0.1) is 6.61 Å². The summed E-state index contributed by atoms with van der Waals surface area (Å²) in [6.45, 7) is 5.10. The maximum absolute atomic E-state index is 5.55. The Morgan fingerprint density at radius 3 is 2.59 bits per heavy atom. The van der Waals surface area contributed by atoms with Gasteiger partial charge < -0.3 is 14.8 Å². The van der Waals surface area contributed by atoms with Crippen LogP contribution in [0.5, 0.6) is 5.75 Å². The lowest BCUT2D eigenvalue weighted by Gasteiger charge is -2.08. The topological polar surface area (TPSA) is 30.5 Å². The second-order valence-electron chi connectivity index (χ2n) is 4.39. The third kappa shape index (κ3) is 4.65. The van der Waals surface area contributed by atoms with Crippen molar-refractivity contribution < 1.29 is 9.47 Å². The Kier molecular flexibility index (Phi) is 4.68. The first-order chi connectivity index (χ1) is 8.38. The van der Waals surface area contributed by atoms with E-state index < -0.39 is 0 Å². The lowest BCUT2D eigenvalue weighted by atomic mass is 10.3. The van der Waals surface area contributed by atoms with Gasteiger partial charge in [0, 0.05) is 18.8 Å². The minimum Gasteiger partial charge on any atom is -0.491 e. The number of hydrogen-bond acceptors (Lipinski definition) is 3. The van der Waals surface area contributed by atoms with Crippen LogP contribution in [0.4, 0.5) is 5.69 Å². The van der Waals surface area contributed by atoms with Crippen LogP contribution >= 0.6 is 0 Å². The highest BCUT2D eigenvalue weighted by atomic mass is 16.5. The van der Waals surface area contributed by atoms with Crippen molar-refractivity contribution in [3.05, 3.63) is 24.3 Å². The Morgan fingerprint density at radius 2 is 1.94 bits per heavy atom. The molecule has 1 aromatic rings. The van der Waals surface area contributed by atoms with Crippen molar-refractivity contribution in [3.63, 3.8) is 0 Å². The summed E-state index contributed by atoms with van der Waals surface area (Å²) in [6, 6.07) is 8.14. The maximum Gasteiger partial charge on any atom is 0.119 e. The number of ether oxygens (including phenoxy) is 2. The molecule has 1 fully saturated rings. The summed E-state index contributed by atoms with van der Waals surface area (Å²) in [5.74, 6) is 1.80. The van der Waals surface area contributed by atoms with E-state index in [0.717, 1.165) is 24.8 Å². The largest absolute Gasteiger partial charge is 0.491 e. The number of anilines is 1. The van der Waals surface area contributed by atoms with Crippen molar-refractivity contribution in [3.8, 4) is 5.75 Å². The van der Waals surface area contributed by atoms with Crippen LogP contribution in [0.2, 0.25) is 0 Å². The third-order valence-electron chi connectivity index (χ3n) is 2.85. The van der Waals surface area contributed by atoms with Crippen LogP contribution < -0.4 is 10.1 Å². The summed E-state index contributed by atoms with van der Waals surface area (Å²) in [7, 11) is 0. The molecule has 17 heavy (non-hydrogen) atoms. The van der Waals surface area contributed by atoms with Crippen LogP contribution in [0, 0.1) is 5.92 Å². The summed E-state index contributed by atoms with van der Waals surface area (Å²) in [4.78, 5) is 0. The normalized spacial score (nSPS) is 14.6. The summed E-state index contributed by atoms with van der Waals surface area (Å²) in [5.41, 5.74) is 1.18. The molecule has 0 aliphatic heterocycles. The molecule has 1 N–H and O–H groups in total. The number of benzene rings is 1. The number of hydrogen-bond donors (Lipinski definition) is 1.